The monoisotopic (exact) mass is 1310 g/mol. The van der Waals surface area contributed by atoms with Crippen molar-refractivity contribution in [1.82, 2.24) is 5.32 Å². The van der Waals surface area contributed by atoms with Crippen molar-refractivity contribution in [1.29, 1.82) is 0 Å². The molecule has 0 aliphatic heterocycles. The molecule has 554 valence electrons. The number of rotatable bonds is 83. The third-order valence-electron chi connectivity index (χ3n) is 20.8. The van der Waals surface area contributed by atoms with Crippen LogP contribution in [0.5, 0.6) is 0 Å². The number of unbranched alkanes of at least 4 members (excludes halogenated alkanes) is 70. The second kappa shape index (κ2) is 83.0. The standard InChI is InChI=1S/C87H171NO5/c1-3-5-7-9-11-13-15-17-19-20-21-22-23-37-40-43-46-49-52-55-59-63-67-71-75-79-85(90)84(83-89)88-86(91)80-76-72-68-64-60-56-53-50-47-44-41-38-35-33-31-29-27-25-24-26-28-30-32-34-36-39-42-45-48-51-54-58-62-66-70-74-78-82-93-87(92)81-77-73-69-65-61-57-18-16-14-12-10-8-6-4-2/h16,18,84-85,89-90H,3-15,17,19-83H2,1-2H3,(H,88,91)/b18-16-. The second-order valence-corrected chi connectivity index (χ2v) is 30.2. The Kier molecular flexibility index (Phi) is 81.8. The smallest absolute Gasteiger partial charge is 0.305 e. The van der Waals surface area contributed by atoms with Crippen LogP contribution in [0.3, 0.4) is 0 Å². The summed E-state index contributed by atoms with van der Waals surface area (Å²) in [6, 6.07) is -0.538. The normalized spacial score (nSPS) is 12.4. The molecule has 6 heteroatoms. The molecule has 0 rings (SSSR count). The number of nitrogens with one attached hydrogen (secondary N) is 1. The van der Waals surface area contributed by atoms with E-state index < -0.39 is 12.1 Å². The zero-order valence-electron chi connectivity index (χ0n) is 63.8. The fraction of sp³-hybridized carbons (Fsp3) is 0.954. The van der Waals surface area contributed by atoms with E-state index in [1.54, 1.807) is 0 Å². The molecule has 0 aromatic heterocycles. The Balaban J connectivity index is 3.31. The fourth-order valence-electron chi connectivity index (χ4n) is 14.2. The molecule has 0 fully saturated rings. The molecule has 0 spiro atoms. The first-order valence-electron chi connectivity index (χ1n) is 43.4. The van der Waals surface area contributed by atoms with Crippen LogP contribution in [0.15, 0.2) is 12.2 Å². The maximum absolute atomic E-state index is 12.6. The van der Waals surface area contributed by atoms with Gasteiger partial charge in [0.2, 0.25) is 5.91 Å². The number of amides is 1. The summed E-state index contributed by atoms with van der Waals surface area (Å²) in [6.45, 7) is 5.01. The van der Waals surface area contributed by atoms with E-state index in [1.165, 1.54) is 430 Å². The van der Waals surface area contributed by atoms with E-state index in [2.05, 4.69) is 31.3 Å². The van der Waals surface area contributed by atoms with Crippen molar-refractivity contribution >= 4 is 11.9 Å². The molecule has 1 amide bonds. The summed E-state index contributed by atoms with van der Waals surface area (Å²) < 4.78 is 5.50. The van der Waals surface area contributed by atoms with Crippen LogP contribution in [0, 0.1) is 0 Å². The lowest BCUT2D eigenvalue weighted by molar-refractivity contribution is -0.143. The number of hydrogen-bond donors (Lipinski definition) is 3. The van der Waals surface area contributed by atoms with E-state index in [0.29, 0.717) is 25.9 Å². The molecular formula is C87H171NO5. The lowest BCUT2D eigenvalue weighted by atomic mass is 10.0. The lowest BCUT2D eigenvalue weighted by Gasteiger charge is -2.22. The number of carbonyl (C=O) groups is 2. The summed E-state index contributed by atoms with van der Waals surface area (Å²) in [6.07, 6.45) is 106. The van der Waals surface area contributed by atoms with E-state index in [0.717, 1.165) is 44.9 Å². The number of allylic oxidation sites excluding steroid dienone is 2. The quantitative estimate of drug-likeness (QED) is 0.0320. The van der Waals surface area contributed by atoms with Crippen LogP contribution < -0.4 is 5.32 Å². The second-order valence-electron chi connectivity index (χ2n) is 30.2. The Bertz CT molecular complexity index is 1420. The number of hydrogen-bond acceptors (Lipinski definition) is 5. The first-order chi connectivity index (χ1) is 46.0. The molecule has 0 aliphatic carbocycles. The largest absolute Gasteiger partial charge is 0.466 e. The molecule has 0 saturated heterocycles. The Morgan fingerprint density at radius 2 is 0.505 bits per heavy atom. The molecule has 93 heavy (non-hydrogen) atoms. The van der Waals surface area contributed by atoms with Crippen molar-refractivity contribution in [3.8, 4) is 0 Å². The van der Waals surface area contributed by atoms with Crippen molar-refractivity contribution in [2.75, 3.05) is 13.2 Å². The zero-order valence-corrected chi connectivity index (χ0v) is 63.8. The topological polar surface area (TPSA) is 95.9 Å². The molecule has 0 aromatic carbocycles. The minimum absolute atomic E-state index is 0.0161. The molecule has 0 heterocycles. The molecule has 3 N–H and O–H groups in total. The molecule has 0 bridgehead atoms. The van der Waals surface area contributed by atoms with Crippen LogP contribution in [-0.2, 0) is 14.3 Å². The summed E-state index contributed by atoms with van der Waals surface area (Å²) in [5.41, 5.74) is 0. The summed E-state index contributed by atoms with van der Waals surface area (Å²) in [4.78, 5) is 24.7. The highest BCUT2D eigenvalue weighted by Crippen LogP contribution is 2.21. The van der Waals surface area contributed by atoms with Crippen molar-refractivity contribution in [2.45, 2.75) is 520 Å². The molecule has 0 radical (unpaired) electrons. The van der Waals surface area contributed by atoms with Gasteiger partial charge in [0, 0.05) is 12.8 Å². The minimum Gasteiger partial charge on any atom is -0.466 e. The highest BCUT2D eigenvalue weighted by molar-refractivity contribution is 5.76. The van der Waals surface area contributed by atoms with Gasteiger partial charge in [-0.25, -0.2) is 0 Å². The van der Waals surface area contributed by atoms with Gasteiger partial charge in [-0.1, -0.05) is 456 Å². The average Bonchev–Trinajstić information content (AvgIpc) is 3.77. The molecule has 2 unspecified atom stereocenters. The van der Waals surface area contributed by atoms with Crippen molar-refractivity contribution < 1.29 is 24.5 Å². The van der Waals surface area contributed by atoms with Crippen LogP contribution >= 0.6 is 0 Å². The van der Waals surface area contributed by atoms with Crippen LogP contribution in [0.1, 0.15) is 508 Å². The highest BCUT2D eigenvalue weighted by atomic mass is 16.5. The first kappa shape index (κ1) is 91.6. The summed E-state index contributed by atoms with van der Waals surface area (Å²) >= 11 is 0. The highest BCUT2D eigenvalue weighted by Gasteiger charge is 2.20. The van der Waals surface area contributed by atoms with E-state index in [-0.39, 0.29) is 18.5 Å². The van der Waals surface area contributed by atoms with Crippen LogP contribution in [-0.4, -0.2) is 47.4 Å². The molecule has 2 atom stereocenters. The summed E-state index contributed by atoms with van der Waals surface area (Å²) in [7, 11) is 0. The average molecular weight is 1310 g/mol. The first-order valence-corrected chi connectivity index (χ1v) is 43.4. The van der Waals surface area contributed by atoms with Gasteiger partial charge in [0.15, 0.2) is 0 Å². The predicted octanol–water partition coefficient (Wildman–Crippen LogP) is 29.0. The van der Waals surface area contributed by atoms with E-state index >= 15 is 0 Å². The van der Waals surface area contributed by atoms with Crippen molar-refractivity contribution in [2.24, 2.45) is 0 Å². The number of carbonyl (C=O) groups excluding carboxylic acids is 2. The van der Waals surface area contributed by atoms with Gasteiger partial charge < -0.3 is 20.3 Å². The minimum atomic E-state index is -0.661. The zero-order chi connectivity index (χ0) is 67.0. The third kappa shape index (κ3) is 79.5. The molecular weight excluding hydrogens is 1140 g/mol. The fourth-order valence-corrected chi connectivity index (χ4v) is 14.2. The summed E-state index contributed by atoms with van der Waals surface area (Å²) in [5.74, 6) is -0.00625. The Labute approximate surface area is 584 Å². The Morgan fingerprint density at radius 1 is 0.290 bits per heavy atom. The van der Waals surface area contributed by atoms with Crippen LogP contribution in [0.25, 0.3) is 0 Å². The van der Waals surface area contributed by atoms with Crippen LogP contribution in [0.4, 0.5) is 0 Å². The number of aliphatic hydroxyl groups is 2. The van der Waals surface area contributed by atoms with Crippen molar-refractivity contribution in [3.05, 3.63) is 12.2 Å². The molecule has 0 aliphatic rings. The van der Waals surface area contributed by atoms with Crippen molar-refractivity contribution in [3.63, 3.8) is 0 Å². The van der Waals surface area contributed by atoms with Crippen LogP contribution in [0.2, 0.25) is 0 Å². The SMILES string of the molecule is CCCCCCC/C=C\CCCCCCCC(=O)OCCCCCCCCCCCCCCCCCCCCCCCCCCCCCCCCCCCCCCCC(=O)NC(CO)C(O)CCCCCCCCCCCCCCCCCCCCCCCCCCC. The van der Waals surface area contributed by atoms with E-state index in [9.17, 15) is 19.8 Å². The third-order valence-corrected chi connectivity index (χ3v) is 20.8. The molecule has 0 aromatic rings. The number of esters is 1. The molecule has 0 saturated carbocycles. The van der Waals surface area contributed by atoms with Gasteiger partial charge >= 0.3 is 5.97 Å². The van der Waals surface area contributed by atoms with Gasteiger partial charge in [-0.3, -0.25) is 9.59 Å². The maximum atomic E-state index is 12.6. The Hall–Kier alpha value is -1.40. The van der Waals surface area contributed by atoms with Gasteiger partial charge in [0.05, 0.1) is 25.4 Å². The van der Waals surface area contributed by atoms with Gasteiger partial charge in [0.25, 0.3) is 0 Å². The Morgan fingerprint density at radius 3 is 0.763 bits per heavy atom. The number of ether oxygens (including phenoxy) is 1. The maximum Gasteiger partial charge on any atom is 0.305 e. The van der Waals surface area contributed by atoms with Gasteiger partial charge in [-0.15, -0.1) is 0 Å². The summed E-state index contributed by atoms with van der Waals surface area (Å²) in [5, 5.41) is 23.5. The predicted molar refractivity (Wildman–Crippen MR) is 412 cm³/mol. The molecule has 6 nitrogen and oxygen atoms in total. The van der Waals surface area contributed by atoms with E-state index in [4.69, 9.17) is 4.74 Å². The van der Waals surface area contributed by atoms with Gasteiger partial charge in [-0.05, 0) is 51.4 Å². The van der Waals surface area contributed by atoms with E-state index in [1.807, 2.05) is 0 Å². The number of aliphatic hydroxyl groups excluding tert-OH is 2. The van der Waals surface area contributed by atoms with Gasteiger partial charge in [0.1, 0.15) is 0 Å². The lowest BCUT2D eigenvalue weighted by Crippen LogP contribution is -2.45. The van der Waals surface area contributed by atoms with Gasteiger partial charge in [-0.2, -0.15) is 0 Å².